The van der Waals surface area contributed by atoms with Gasteiger partial charge in [0.05, 0.1) is 13.2 Å². The minimum atomic E-state index is -0.0516. The first kappa shape index (κ1) is 9.03. The van der Waals surface area contributed by atoms with Crippen LogP contribution in [0.4, 0.5) is 0 Å². The first-order valence-corrected chi connectivity index (χ1v) is 3.96. The van der Waals surface area contributed by atoms with Crippen LogP contribution in [0.15, 0.2) is 5.11 Å². The van der Waals surface area contributed by atoms with E-state index in [1.165, 1.54) is 0 Å². The molecule has 0 aromatic rings. The molecule has 0 aliphatic carbocycles. The summed E-state index contributed by atoms with van der Waals surface area (Å²) in [7, 11) is 0. The third-order valence-corrected chi connectivity index (χ3v) is 1.91. The highest BCUT2D eigenvalue weighted by atomic mass is 16.5. The van der Waals surface area contributed by atoms with Crippen LogP contribution in [-0.2, 0) is 9.53 Å². The molecule has 0 N–H and O–H groups in total. The summed E-state index contributed by atoms with van der Waals surface area (Å²) < 4.78 is 5.13. The molecule has 0 aromatic heterocycles. The molecule has 1 saturated heterocycles. The first-order chi connectivity index (χ1) is 5.84. The van der Waals surface area contributed by atoms with Crippen molar-refractivity contribution in [3.63, 3.8) is 0 Å². The lowest BCUT2D eigenvalue weighted by Gasteiger charge is -2.19. The molecule has 1 aliphatic rings. The van der Waals surface area contributed by atoms with Gasteiger partial charge in [0.15, 0.2) is 0 Å². The van der Waals surface area contributed by atoms with Gasteiger partial charge in [0.25, 0.3) is 0 Å². The van der Waals surface area contributed by atoms with Gasteiger partial charge in [-0.25, -0.2) is 0 Å². The summed E-state index contributed by atoms with van der Waals surface area (Å²) in [6.07, 6.45) is 1.78. The predicted octanol–water partition coefficient (Wildman–Crippen LogP) is 1.29. The summed E-state index contributed by atoms with van der Waals surface area (Å²) >= 11 is 0. The van der Waals surface area contributed by atoms with Crippen LogP contribution in [0, 0.1) is 5.92 Å². The van der Waals surface area contributed by atoms with Crippen molar-refractivity contribution in [3.05, 3.63) is 10.4 Å². The molecular weight excluding hydrogens is 158 g/mol. The number of rotatable bonds is 3. The van der Waals surface area contributed by atoms with Gasteiger partial charge in [0, 0.05) is 17.4 Å². The standard InChI is InChI=1S/C7H11N3O2/c8-10-9-4-7(11)6-2-1-3-12-5-6/h6H,1-5H2. The Morgan fingerprint density at radius 1 is 1.75 bits per heavy atom. The number of nitrogens with zero attached hydrogens (tertiary/aromatic N) is 3. The van der Waals surface area contributed by atoms with Crippen LogP contribution < -0.4 is 0 Å². The second kappa shape index (κ2) is 4.74. The quantitative estimate of drug-likeness (QED) is 0.362. The Labute approximate surface area is 70.3 Å². The van der Waals surface area contributed by atoms with E-state index in [2.05, 4.69) is 10.0 Å². The van der Waals surface area contributed by atoms with Gasteiger partial charge < -0.3 is 4.74 Å². The van der Waals surface area contributed by atoms with Crippen LogP contribution >= 0.6 is 0 Å². The van der Waals surface area contributed by atoms with E-state index >= 15 is 0 Å². The summed E-state index contributed by atoms with van der Waals surface area (Å²) in [5.41, 5.74) is 7.99. The molecule has 1 heterocycles. The highest BCUT2D eigenvalue weighted by Gasteiger charge is 2.20. The number of hydrogen-bond acceptors (Lipinski definition) is 3. The van der Waals surface area contributed by atoms with Gasteiger partial charge in [0.1, 0.15) is 5.78 Å². The van der Waals surface area contributed by atoms with Crippen LogP contribution in [0.3, 0.4) is 0 Å². The average Bonchev–Trinajstić information content (AvgIpc) is 2.15. The molecule has 5 nitrogen and oxygen atoms in total. The van der Waals surface area contributed by atoms with Crippen molar-refractivity contribution < 1.29 is 9.53 Å². The van der Waals surface area contributed by atoms with E-state index in [9.17, 15) is 4.79 Å². The van der Waals surface area contributed by atoms with Gasteiger partial charge in [-0.3, -0.25) is 4.79 Å². The summed E-state index contributed by atoms with van der Waals surface area (Å²) in [6.45, 7) is 1.19. The summed E-state index contributed by atoms with van der Waals surface area (Å²) in [4.78, 5) is 13.7. The Hall–Kier alpha value is -1.06. The number of azide groups is 1. The molecular formula is C7H11N3O2. The number of carbonyl (C=O) groups excluding carboxylic acids is 1. The van der Waals surface area contributed by atoms with Crippen molar-refractivity contribution in [2.24, 2.45) is 11.0 Å². The molecule has 5 heteroatoms. The topological polar surface area (TPSA) is 75.1 Å². The zero-order chi connectivity index (χ0) is 8.81. The minimum absolute atomic E-state index is 0.00694. The second-order valence-electron chi connectivity index (χ2n) is 2.77. The third-order valence-electron chi connectivity index (χ3n) is 1.91. The first-order valence-electron chi connectivity index (χ1n) is 3.96. The zero-order valence-corrected chi connectivity index (χ0v) is 6.77. The molecule has 1 unspecified atom stereocenters. The fourth-order valence-electron chi connectivity index (χ4n) is 1.23. The number of ether oxygens (including phenoxy) is 1. The van der Waals surface area contributed by atoms with Crippen molar-refractivity contribution in [2.45, 2.75) is 12.8 Å². The molecule has 0 spiro atoms. The van der Waals surface area contributed by atoms with Gasteiger partial charge in [-0.05, 0) is 18.4 Å². The van der Waals surface area contributed by atoms with Crippen molar-refractivity contribution >= 4 is 5.78 Å². The normalized spacial score (nSPS) is 22.8. The number of Topliss-reactive ketones (excluding diaryl/α,β-unsaturated/α-hetero) is 1. The van der Waals surface area contributed by atoms with E-state index in [1.54, 1.807) is 0 Å². The van der Waals surface area contributed by atoms with E-state index in [-0.39, 0.29) is 18.2 Å². The highest BCUT2D eigenvalue weighted by Crippen LogP contribution is 2.14. The van der Waals surface area contributed by atoms with E-state index in [1.807, 2.05) is 0 Å². The smallest absolute Gasteiger partial charge is 0.144 e. The van der Waals surface area contributed by atoms with E-state index in [0.29, 0.717) is 6.61 Å². The van der Waals surface area contributed by atoms with Gasteiger partial charge in [-0.2, -0.15) is 0 Å². The van der Waals surface area contributed by atoms with Crippen LogP contribution in [0.5, 0.6) is 0 Å². The lowest BCUT2D eigenvalue weighted by molar-refractivity contribution is -0.125. The van der Waals surface area contributed by atoms with Gasteiger partial charge >= 0.3 is 0 Å². The second-order valence-corrected chi connectivity index (χ2v) is 2.77. The fourth-order valence-corrected chi connectivity index (χ4v) is 1.23. The monoisotopic (exact) mass is 169 g/mol. The summed E-state index contributed by atoms with van der Waals surface area (Å²) in [6, 6.07) is 0. The molecule has 1 atom stereocenters. The van der Waals surface area contributed by atoms with Crippen molar-refractivity contribution in [2.75, 3.05) is 19.8 Å². The lowest BCUT2D eigenvalue weighted by atomic mass is 9.98. The fraction of sp³-hybridized carbons (Fsp3) is 0.857. The Kier molecular flexibility index (Phi) is 3.57. The number of ketones is 1. The Morgan fingerprint density at radius 2 is 2.58 bits per heavy atom. The Bertz CT molecular complexity index is 205. The Balaban J connectivity index is 2.34. The molecule has 1 aliphatic heterocycles. The third kappa shape index (κ3) is 2.53. The molecule has 1 rings (SSSR count). The molecule has 0 amide bonds. The average molecular weight is 169 g/mol. The van der Waals surface area contributed by atoms with Gasteiger partial charge in [-0.15, -0.1) is 0 Å². The molecule has 0 radical (unpaired) electrons. The van der Waals surface area contributed by atoms with Crippen LogP contribution in [0.2, 0.25) is 0 Å². The molecule has 0 aromatic carbocycles. The minimum Gasteiger partial charge on any atom is -0.381 e. The van der Waals surface area contributed by atoms with E-state index in [4.69, 9.17) is 10.3 Å². The largest absolute Gasteiger partial charge is 0.381 e. The zero-order valence-electron chi connectivity index (χ0n) is 6.77. The van der Waals surface area contributed by atoms with Crippen molar-refractivity contribution in [3.8, 4) is 0 Å². The van der Waals surface area contributed by atoms with Crippen molar-refractivity contribution in [1.29, 1.82) is 0 Å². The SMILES string of the molecule is [N-]=[N+]=NCC(=O)C1CCCOC1. The summed E-state index contributed by atoms with van der Waals surface area (Å²) in [5.74, 6) is -0.0586. The maximum atomic E-state index is 11.2. The van der Waals surface area contributed by atoms with Crippen LogP contribution in [0.25, 0.3) is 10.4 Å². The molecule has 0 saturated carbocycles. The summed E-state index contributed by atoms with van der Waals surface area (Å²) in [5, 5.41) is 3.22. The van der Waals surface area contributed by atoms with Crippen LogP contribution in [0.1, 0.15) is 12.8 Å². The lowest BCUT2D eigenvalue weighted by Crippen LogP contribution is -2.26. The Morgan fingerprint density at radius 3 is 3.17 bits per heavy atom. The van der Waals surface area contributed by atoms with Crippen LogP contribution in [-0.4, -0.2) is 25.5 Å². The number of hydrogen-bond donors (Lipinski definition) is 0. The molecule has 12 heavy (non-hydrogen) atoms. The van der Waals surface area contributed by atoms with E-state index < -0.39 is 0 Å². The number of carbonyl (C=O) groups is 1. The predicted molar refractivity (Wildman–Crippen MR) is 42.6 cm³/mol. The molecule has 1 fully saturated rings. The van der Waals surface area contributed by atoms with Gasteiger partial charge in [-0.1, -0.05) is 5.11 Å². The molecule has 0 bridgehead atoms. The highest BCUT2D eigenvalue weighted by molar-refractivity contribution is 5.83. The maximum absolute atomic E-state index is 11.2. The van der Waals surface area contributed by atoms with E-state index in [0.717, 1.165) is 19.4 Å². The molecule has 66 valence electrons. The van der Waals surface area contributed by atoms with Gasteiger partial charge in [0.2, 0.25) is 0 Å². The maximum Gasteiger partial charge on any atom is 0.144 e. The van der Waals surface area contributed by atoms with Crippen molar-refractivity contribution in [1.82, 2.24) is 0 Å².